The monoisotopic (exact) mass is 268 g/mol. The van der Waals surface area contributed by atoms with Gasteiger partial charge in [-0.1, -0.05) is 0 Å². The number of rotatable bonds is 4. The fourth-order valence-electron chi connectivity index (χ4n) is 1.63. The molecule has 0 atom stereocenters. The molecule has 19 heavy (non-hydrogen) atoms. The molecule has 0 aliphatic heterocycles. The summed E-state index contributed by atoms with van der Waals surface area (Å²) in [5.41, 5.74) is 1.02. The van der Waals surface area contributed by atoms with Gasteiger partial charge in [0.05, 0.1) is 18.3 Å². The minimum absolute atomic E-state index is 0.271. The molecule has 0 N–H and O–H groups in total. The van der Waals surface area contributed by atoms with Crippen LogP contribution in [0.5, 0.6) is 0 Å². The number of carbonyl (C=O) groups is 1. The van der Waals surface area contributed by atoms with E-state index in [-0.39, 0.29) is 5.56 Å². The zero-order valence-electron chi connectivity index (χ0n) is 9.89. The van der Waals surface area contributed by atoms with Gasteiger partial charge >= 0.3 is 6.18 Å². The van der Waals surface area contributed by atoms with Gasteiger partial charge in [-0.25, -0.2) is 0 Å². The molecule has 0 radical (unpaired) electrons. The van der Waals surface area contributed by atoms with Crippen molar-refractivity contribution in [2.75, 3.05) is 0 Å². The molecule has 2 aromatic rings. The summed E-state index contributed by atoms with van der Waals surface area (Å²) in [4.78, 5) is 15.5. The Kier molecular flexibility index (Phi) is 3.69. The fraction of sp³-hybridized carbons (Fsp3) is 0.231. The van der Waals surface area contributed by atoms with Crippen molar-refractivity contribution in [3.8, 4) is 5.69 Å². The maximum Gasteiger partial charge on any atom is 0.389 e. The minimum atomic E-state index is -4.30. The van der Waals surface area contributed by atoms with Gasteiger partial charge in [0.15, 0.2) is 5.78 Å². The number of nitrogens with zero attached hydrogens (tertiary/aromatic N) is 2. The van der Waals surface area contributed by atoms with E-state index in [1.165, 1.54) is 12.3 Å². The third-order valence-corrected chi connectivity index (χ3v) is 2.59. The van der Waals surface area contributed by atoms with Crippen LogP contribution >= 0.6 is 0 Å². The van der Waals surface area contributed by atoms with E-state index in [4.69, 9.17) is 0 Å². The third kappa shape index (κ3) is 3.67. The van der Waals surface area contributed by atoms with E-state index in [1.54, 1.807) is 35.3 Å². The highest BCUT2D eigenvalue weighted by atomic mass is 19.4. The molecule has 0 amide bonds. The van der Waals surface area contributed by atoms with Crippen molar-refractivity contribution in [2.45, 2.75) is 19.0 Å². The van der Waals surface area contributed by atoms with E-state index in [9.17, 15) is 18.0 Å². The van der Waals surface area contributed by atoms with Crippen LogP contribution in [0.2, 0.25) is 0 Å². The zero-order chi connectivity index (χ0) is 13.9. The Morgan fingerprint density at radius 3 is 2.74 bits per heavy atom. The summed E-state index contributed by atoms with van der Waals surface area (Å²) in [6.07, 6.45) is 0.423. The Hall–Kier alpha value is -2.11. The molecule has 0 spiro atoms. The van der Waals surface area contributed by atoms with Crippen LogP contribution in [0.25, 0.3) is 5.69 Å². The fourth-order valence-corrected chi connectivity index (χ4v) is 1.63. The Morgan fingerprint density at radius 2 is 2.11 bits per heavy atom. The van der Waals surface area contributed by atoms with Crippen LogP contribution in [0.3, 0.4) is 0 Å². The molecule has 2 rings (SSSR count). The summed E-state index contributed by atoms with van der Waals surface area (Å²) >= 11 is 0. The Morgan fingerprint density at radius 1 is 1.32 bits per heavy atom. The van der Waals surface area contributed by atoms with Gasteiger partial charge < -0.3 is 4.57 Å². The van der Waals surface area contributed by atoms with Gasteiger partial charge in [-0.15, -0.1) is 0 Å². The quantitative estimate of drug-likeness (QED) is 0.796. The second-order valence-corrected chi connectivity index (χ2v) is 4.06. The number of hydrogen-bond acceptors (Lipinski definition) is 2. The first-order valence-electron chi connectivity index (χ1n) is 5.64. The topological polar surface area (TPSA) is 34.9 Å². The number of aromatic nitrogens is 2. The first-order chi connectivity index (χ1) is 8.96. The summed E-state index contributed by atoms with van der Waals surface area (Å²) in [6.45, 7) is 0. The van der Waals surface area contributed by atoms with Gasteiger partial charge in [-0.05, 0) is 18.2 Å². The lowest BCUT2D eigenvalue weighted by Crippen LogP contribution is -2.10. The Balaban J connectivity index is 2.07. The lowest BCUT2D eigenvalue weighted by Gasteiger charge is -2.04. The van der Waals surface area contributed by atoms with Crippen LogP contribution in [0.1, 0.15) is 23.2 Å². The molecule has 0 saturated heterocycles. The molecule has 0 aromatic carbocycles. The van der Waals surface area contributed by atoms with Crippen molar-refractivity contribution in [2.24, 2.45) is 0 Å². The van der Waals surface area contributed by atoms with Crippen LogP contribution in [0, 0.1) is 0 Å². The molecule has 0 saturated carbocycles. The van der Waals surface area contributed by atoms with Crippen molar-refractivity contribution in [3.05, 3.63) is 48.5 Å². The normalized spacial score (nSPS) is 11.5. The van der Waals surface area contributed by atoms with Crippen LogP contribution in [-0.4, -0.2) is 21.5 Å². The van der Waals surface area contributed by atoms with E-state index < -0.39 is 24.8 Å². The lowest BCUT2D eigenvalue weighted by atomic mass is 10.1. The first kappa shape index (κ1) is 13.3. The largest absolute Gasteiger partial charge is 0.389 e. The maximum atomic E-state index is 12.0. The van der Waals surface area contributed by atoms with Crippen LogP contribution in [0.4, 0.5) is 13.2 Å². The van der Waals surface area contributed by atoms with Crippen LogP contribution in [0.15, 0.2) is 43.0 Å². The number of carbonyl (C=O) groups excluding carboxylic acids is 1. The highest BCUT2D eigenvalue weighted by Gasteiger charge is 2.28. The zero-order valence-corrected chi connectivity index (χ0v) is 9.89. The molecule has 100 valence electrons. The molecule has 0 aliphatic rings. The summed E-state index contributed by atoms with van der Waals surface area (Å²) < 4.78 is 37.8. The molecule has 0 aliphatic carbocycles. The molecule has 0 fully saturated rings. The summed E-state index contributed by atoms with van der Waals surface area (Å²) in [5, 5.41) is 0. The predicted molar refractivity (Wildman–Crippen MR) is 63.2 cm³/mol. The molecular weight excluding hydrogens is 257 g/mol. The van der Waals surface area contributed by atoms with Crippen molar-refractivity contribution >= 4 is 5.78 Å². The summed E-state index contributed by atoms with van der Waals surface area (Å²) in [5.74, 6) is -0.514. The van der Waals surface area contributed by atoms with E-state index in [2.05, 4.69) is 4.98 Å². The summed E-state index contributed by atoms with van der Waals surface area (Å²) in [7, 11) is 0. The number of ketones is 1. The van der Waals surface area contributed by atoms with Gasteiger partial charge in [-0.3, -0.25) is 9.78 Å². The van der Waals surface area contributed by atoms with Crippen LogP contribution in [-0.2, 0) is 0 Å². The predicted octanol–water partition coefficient (Wildman–Crippen LogP) is 3.40. The van der Waals surface area contributed by atoms with Crippen molar-refractivity contribution < 1.29 is 18.0 Å². The SMILES string of the molecule is O=C(CCC(F)(F)F)c1ccn(-c2cccnc2)c1. The second-order valence-electron chi connectivity index (χ2n) is 4.06. The van der Waals surface area contributed by atoms with Crippen molar-refractivity contribution in [1.29, 1.82) is 0 Å². The number of hydrogen-bond donors (Lipinski definition) is 0. The average molecular weight is 268 g/mol. The molecule has 0 bridgehead atoms. The molecule has 3 nitrogen and oxygen atoms in total. The molecule has 2 aromatic heterocycles. The highest BCUT2D eigenvalue weighted by molar-refractivity contribution is 5.96. The molecular formula is C13H11F3N2O. The van der Waals surface area contributed by atoms with E-state index in [1.807, 2.05) is 0 Å². The van der Waals surface area contributed by atoms with Gasteiger partial charge in [0.2, 0.25) is 0 Å². The number of alkyl halides is 3. The number of pyridine rings is 1. The molecule has 0 unspecified atom stereocenters. The smallest absolute Gasteiger partial charge is 0.322 e. The molecule has 2 heterocycles. The Labute approximate surface area is 107 Å². The highest BCUT2D eigenvalue weighted by Crippen LogP contribution is 2.23. The van der Waals surface area contributed by atoms with Gasteiger partial charge in [0.1, 0.15) is 0 Å². The van der Waals surface area contributed by atoms with Gasteiger partial charge in [-0.2, -0.15) is 13.2 Å². The third-order valence-electron chi connectivity index (χ3n) is 2.59. The average Bonchev–Trinajstić information content (AvgIpc) is 2.86. The number of Topliss-reactive ketones (excluding diaryl/α,β-unsaturated/α-hetero) is 1. The van der Waals surface area contributed by atoms with Gasteiger partial charge in [0.25, 0.3) is 0 Å². The first-order valence-corrected chi connectivity index (χ1v) is 5.64. The van der Waals surface area contributed by atoms with Crippen LogP contribution < -0.4 is 0 Å². The second kappa shape index (κ2) is 5.26. The summed E-state index contributed by atoms with van der Waals surface area (Å²) in [6, 6.07) is 5.03. The Bertz CT molecular complexity index is 561. The maximum absolute atomic E-state index is 12.0. The standard InChI is InChI=1S/C13H11F3N2O/c14-13(15,16)5-3-12(19)10-4-7-18(9-10)11-2-1-6-17-8-11/h1-2,4,6-9H,3,5H2. The van der Waals surface area contributed by atoms with Crippen molar-refractivity contribution in [3.63, 3.8) is 0 Å². The van der Waals surface area contributed by atoms with E-state index in [0.29, 0.717) is 0 Å². The minimum Gasteiger partial charge on any atom is -0.322 e. The number of halogens is 3. The van der Waals surface area contributed by atoms with E-state index >= 15 is 0 Å². The van der Waals surface area contributed by atoms with Gasteiger partial charge in [0, 0.05) is 30.6 Å². The molecule has 6 heteroatoms. The van der Waals surface area contributed by atoms with Crippen molar-refractivity contribution in [1.82, 2.24) is 9.55 Å². The van der Waals surface area contributed by atoms with E-state index in [0.717, 1.165) is 5.69 Å². The lowest BCUT2D eigenvalue weighted by molar-refractivity contribution is -0.133.